The number of aliphatic hydroxyl groups is 1. The molecule has 23 heavy (non-hydrogen) atoms. The lowest BCUT2D eigenvalue weighted by Crippen LogP contribution is -2.53. The summed E-state index contributed by atoms with van der Waals surface area (Å²) in [5, 5.41) is 22.3. The maximum Gasteiger partial charge on any atom is 0.252 e. The molecule has 3 rings (SSSR count). The number of morpholine rings is 1. The zero-order valence-corrected chi connectivity index (χ0v) is 12.4. The van der Waals surface area contributed by atoms with Crippen LogP contribution in [0.15, 0.2) is 18.2 Å². The van der Waals surface area contributed by atoms with Gasteiger partial charge < -0.3 is 20.1 Å². The van der Waals surface area contributed by atoms with Crippen molar-refractivity contribution >= 4 is 22.8 Å². The van der Waals surface area contributed by atoms with E-state index in [0.29, 0.717) is 42.9 Å². The second kappa shape index (κ2) is 6.71. The monoisotopic (exact) mass is 319 g/mol. The van der Waals surface area contributed by atoms with Crippen molar-refractivity contribution in [1.29, 1.82) is 0 Å². The summed E-state index contributed by atoms with van der Waals surface area (Å²) in [5.74, 6) is -0.762. The number of carbonyl (C=O) groups excluding carboxylic acids is 2. The third kappa shape index (κ3) is 3.30. The SMILES string of the molecule is O=C(NC(CO)C(=O)N1CCOCC1)c1ccc2n[nH]nc2c1. The Morgan fingerprint density at radius 3 is 2.78 bits per heavy atom. The Labute approximate surface area is 131 Å². The van der Waals surface area contributed by atoms with E-state index >= 15 is 0 Å². The molecule has 1 saturated heterocycles. The molecule has 9 nitrogen and oxygen atoms in total. The minimum Gasteiger partial charge on any atom is -0.394 e. The minimum atomic E-state index is -0.978. The molecule has 0 bridgehead atoms. The van der Waals surface area contributed by atoms with Gasteiger partial charge in [0, 0.05) is 18.7 Å². The quantitative estimate of drug-likeness (QED) is 0.658. The third-order valence-electron chi connectivity index (χ3n) is 3.69. The number of H-pyrrole nitrogens is 1. The van der Waals surface area contributed by atoms with E-state index < -0.39 is 18.6 Å². The number of fused-ring (bicyclic) bond motifs is 1. The molecular weight excluding hydrogens is 302 g/mol. The molecule has 3 N–H and O–H groups in total. The van der Waals surface area contributed by atoms with Crippen molar-refractivity contribution < 1.29 is 19.4 Å². The summed E-state index contributed by atoms with van der Waals surface area (Å²) >= 11 is 0. The van der Waals surface area contributed by atoms with Gasteiger partial charge in [0.15, 0.2) is 0 Å². The fourth-order valence-electron chi connectivity index (χ4n) is 2.41. The first-order valence-corrected chi connectivity index (χ1v) is 7.28. The van der Waals surface area contributed by atoms with Gasteiger partial charge in [-0.05, 0) is 18.2 Å². The molecule has 0 spiro atoms. The number of aromatic amines is 1. The normalized spacial score (nSPS) is 16.3. The highest BCUT2D eigenvalue weighted by molar-refractivity contribution is 5.99. The van der Waals surface area contributed by atoms with Crippen molar-refractivity contribution in [3.63, 3.8) is 0 Å². The zero-order valence-electron chi connectivity index (χ0n) is 12.4. The molecule has 2 amide bonds. The summed E-state index contributed by atoms with van der Waals surface area (Å²) in [5.41, 5.74) is 1.54. The topological polar surface area (TPSA) is 120 Å². The Hall–Kier alpha value is -2.52. The van der Waals surface area contributed by atoms with Crippen LogP contribution in [0, 0.1) is 0 Å². The number of hydrogen-bond donors (Lipinski definition) is 3. The first-order valence-electron chi connectivity index (χ1n) is 7.28. The second-order valence-corrected chi connectivity index (χ2v) is 5.17. The van der Waals surface area contributed by atoms with E-state index in [4.69, 9.17) is 4.74 Å². The van der Waals surface area contributed by atoms with Crippen LogP contribution >= 0.6 is 0 Å². The second-order valence-electron chi connectivity index (χ2n) is 5.17. The summed E-state index contributed by atoms with van der Waals surface area (Å²) in [6, 6.07) is 3.84. The number of amides is 2. The van der Waals surface area contributed by atoms with Gasteiger partial charge in [-0.15, -0.1) is 0 Å². The van der Waals surface area contributed by atoms with E-state index in [1.54, 1.807) is 23.1 Å². The van der Waals surface area contributed by atoms with Crippen LogP contribution in [0.2, 0.25) is 0 Å². The average Bonchev–Trinajstić information content (AvgIpc) is 3.07. The molecule has 2 heterocycles. The van der Waals surface area contributed by atoms with E-state index in [2.05, 4.69) is 20.7 Å². The fourth-order valence-corrected chi connectivity index (χ4v) is 2.41. The predicted molar refractivity (Wildman–Crippen MR) is 79.6 cm³/mol. The molecule has 0 saturated carbocycles. The number of hydrogen-bond acceptors (Lipinski definition) is 6. The van der Waals surface area contributed by atoms with Crippen LogP contribution in [0.3, 0.4) is 0 Å². The third-order valence-corrected chi connectivity index (χ3v) is 3.69. The van der Waals surface area contributed by atoms with E-state index in [1.165, 1.54) is 0 Å². The van der Waals surface area contributed by atoms with Gasteiger partial charge in [0.1, 0.15) is 17.1 Å². The van der Waals surface area contributed by atoms with Gasteiger partial charge in [-0.25, -0.2) is 0 Å². The van der Waals surface area contributed by atoms with Crippen LogP contribution in [0.5, 0.6) is 0 Å². The van der Waals surface area contributed by atoms with Crippen molar-refractivity contribution in [2.45, 2.75) is 6.04 Å². The number of rotatable bonds is 4. The van der Waals surface area contributed by atoms with Gasteiger partial charge >= 0.3 is 0 Å². The minimum absolute atomic E-state index is 0.313. The van der Waals surface area contributed by atoms with E-state index in [9.17, 15) is 14.7 Å². The lowest BCUT2D eigenvalue weighted by Gasteiger charge is -2.30. The van der Waals surface area contributed by atoms with Crippen molar-refractivity contribution in [1.82, 2.24) is 25.6 Å². The highest BCUT2D eigenvalue weighted by atomic mass is 16.5. The number of aliphatic hydroxyl groups excluding tert-OH is 1. The number of benzene rings is 1. The Morgan fingerprint density at radius 2 is 2.04 bits per heavy atom. The highest BCUT2D eigenvalue weighted by Crippen LogP contribution is 2.11. The number of nitrogens with one attached hydrogen (secondary N) is 2. The van der Waals surface area contributed by atoms with Crippen LogP contribution in [-0.2, 0) is 9.53 Å². The molecule has 0 radical (unpaired) electrons. The summed E-state index contributed by atoms with van der Waals surface area (Å²) in [4.78, 5) is 26.2. The average molecular weight is 319 g/mol. The molecule has 1 unspecified atom stereocenters. The molecule has 1 aromatic heterocycles. The fraction of sp³-hybridized carbons (Fsp3) is 0.429. The Balaban J connectivity index is 1.69. The zero-order chi connectivity index (χ0) is 16.2. The predicted octanol–water partition coefficient (Wildman–Crippen LogP) is -1.09. The molecule has 1 aliphatic rings. The molecule has 122 valence electrons. The van der Waals surface area contributed by atoms with Gasteiger partial charge in [0.05, 0.1) is 19.8 Å². The van der Waals surface area contributed by atoms with Crippen molar-refractivity contribution in [3.05, 3.63) is 23.8 Å². The molecule has 1 fully saturated rings. The molecular formula is C14H17N5O4. The summed E-state index contributed by atoms with van der Waals surface area (Å²) in [7, 11) is 0. The van der Waals surface area contributed by atoms with Gasteiger partial charge in [0.25, 0.3) is 5.91 Å². The Morgan fingerprint density at radius 1 is 1.30 bits per heavy atom. The van der Waals surface area contributed by atoms with Crippen LogP contribution in [0.1, 0.15) is 10.4 Å². The molecule has 1 aromatic carbocycles. The van der Waals surface area contributed by atoms with Crippen molar-refractivity contribution in [2.24, 2.45) is 0 Å². The number of ether oxygens (including phenoxy) is 1. The maximum absolute atomic E-state index is 12.3. The van der Waals surface area contributed by atoms with Crippen molar-refractivity contribution in [2.75, 3.05) is 32.9 Å². The number of aromatic nitrogens is 3. The maximum atomic E-state index is 12.3. The summed E-state index contributed by atoms with van der Waals surface area (Å²) < 4.78 is 5.19. The lowest BCUT2D eigenvalue weighted by atomic mass is 10.1. The summed E-state index contributed by atoms with van der Waals surface area (Å²) in [6.07, 6.45) is 0. The summed E-state index contributed by atoms with van der Waals surface area (Å²) in [6.45, 7) is 1.36. The largest absolute Gasteiger partial charge is 0.394 e. The Kier molecular flexibility index (Phi) is 4.49. The van der Waals surface area contributed by atoms with Crippen LogP contribution < -0.4 is 5.32 Å². The first kappa shape index (κ1) is 15.4. The standard InChI is InChI=1S/C14H17N5O4/c20-8-12(14(22)19-3-5-23-6-4-19)15-13(21)9-1-2-10-11(7-9)17-18-16-10/h1-2,7,12,20H,3-6,8H2,(H,15,21)(H,16,17,18). The smallest absolute Gasteiger partial charge is 0.252 e. The number of carbonyl (C=O) groups is 2. The molecule has 9 heteroatoms. The number of nitrogens with zero attached hydrogens (tertiary/aromatic N) is 3. The lowest BCUT2D eigenvalue weighted by molar-refractivity contribution is -0.138. The molecule has 2 aromatic rings. The van der Waals surface area contributed by atoms with Gasteiger partial charge in [-0.1, -0.05) is 0 Å². The molecule has 1 aliphatic heterocycles. The first-order chi connectivity index (χ1) is 11.2. The van der Waals surface area contributed by atoms with Crippen LogP contribution in [0.4, 0.5) is 0 Å². The molecule has 1 atom stereocenters. The molecule has 0 aliphatic carbocycles. The van der Waals surface area contributed by atoms with Gasteiger partial charge in [-0.3, -0.25) is 9.59 Å². The van der Waals surface area contributed by atoms with Crippen LogP contribution in [-0.4, -0.2) is 76.2 Å². The van der Waals surface area contributed by atoms with Gasteiger partial charge in [-0.2, -0.15) is 15.4 Å². The van der Waals surface area contributed by atoms with Crippen LogP contribution in [0.25, 0.3) is 11.0 Å². The van der Waals surface area contributed by atoms with E-state index in [1.807, 2.05) is 0 Å². The van der Waals surface area contributed by atoms with E-state index in [-0.39, 0.29) is 5.91 Å². The van der Waals surface area contributed by atoms with E-state index in [0.717, 1.165) is 0 Å². The van der Waals surface area contributed by atoms with Gasteiger partial charge in [0.2, 0.25) is 5.91 Å². The Bertz CT molecular complexity index is 710. The highest BCUT2D eigenvalue weighted by Gasteiger charge is 2.27. The van der Waals surface area contributed by atoms with Crippen molar-refractivity contribution in [3.8, 4) is 0 Å².